The monoisotopic (exact) mass is 251 g/mol. The largest absolute Gasteiger partial charge is 0.481 e. The highest BCUT2D eigenvalue weighted by atomic mass is 16.4. The van der Waals surface area contributed by atoms with Crippen LogP contribution in [0.4, 0.5) is 0 Å². The van der Waals surface area contributed by atoms with Crippen LogP contribution < -0.4 is 5.73 Å². The Kier molecular flexibility index (Phi) is 3.71. The van der Waals surface area contributed by atoms with E-state index in [-0.39, 0.29) is 5.92 Å². The number of rotatable bonds is 7. The van der Waals surface area contributed by atoms with Crippen LogP contribution in [0, 0.1) is 5.92 Å². The number of hydrogen-bond acceptors (Lipinski definition) is 3. The van der Waals surface area contributed by atoms with Crippen LogP contribution in [0.3, 0.4) is 0 Å². The topological polar surface area (TPSA) is 81.1 Å². The normalized spacial score (nSPS) is 26.2. The zero-order chi connectivity index (χ0) is 13.2. The number of hydrogen-bond donors (Lipinski definition) is 2. The van der Waals surface area contributed by atoms with Crippen LogP contribution in [0.1, 0.15) is 38.3 Å². The van der Waals surface area contributed by atoms with E-state index in [1.165, 1.54) is 0 Å². The Hall–Kier alpha value is -1.36. The molecule has 3 N–H and O–H groups in total. The van der Waals surface area contributed by atoms with Crippen LogP contribution in [0.15, 0.2) is 12.5 Å². The Bertz CT molecular complexity index is 430. The first-order valence-electron chi connectivity index (χ1n) is 6.60. The van der Waals surface area contributed by atoms with Gasteiger partial charge in [-0.1, -0.05) is 6.92 Å². The van der Waals surface area contributed by atoms with Gasteiger partial charge in [0.1, 0.15) is 5.41 Å². The van der Waals surface area contributed by atoms with Crippen LogP contribution in [-0.4, -0.2) is 27.2 Å². The molecule has 0 spiro atoms. The lowest BCUT2D eigenvalue weighted by molar-refractivity contribution is -0.140. The first kappa shape index (κ1) is 13.1. The smallest absolute Gasteiger partial charge is 0.316 e. The number of carbonyl (C=O) groups is 1. The second-order valence-corrected chi connectivity index (χ2v) is 5.11. The van der Waals surface area contributed by atoms with Crippen molar-refractivity contribution >= 4 is 5.97 Å². The zero-order valence-electron chi connectivity index (χ0n) is 10.8. The summed E-state index contributed by atoms with van der Waals surface area (Å²) in [5.74, 6) is -0.546. The fraction of sp³-hybridized carbons (Fsp3) is 0.692. The Labute approximate surface area is 107 Å². The van der Waals surface area contributed by atoms with Crippen molar-refractivity contribution in [3.05, 3.63) is 18.2 Å². The van der Waals surface area contributed by atoms with Crippen LogP contribution in [0.5, 0.6) is 0 Å². The summed E-state index contributed by atoms with van der Waals surface area (Å²) in [5.41, 5.74) is 5.46. The highest BCUT2D eigenvalue weighted by molar-refractivity contribution is 5.85. The summed E-state index contributed by atoms with van der Waals surface area (Å²) in [6.45, 7) is 3.60. The van der Waals surface area contributed by atoms with Gasteiger partial charge >= 0.3 is 5.97 Å². The summed E-state index contributed by atoms with van der Waals surface area (Å²) in [6.07, 6.45) is 7.11. The number of nitrogens with two attached hydrogens (primary N) is 1. The lowest BCUT2D eigenvalue weighted by atomic mass is 9.98. The predicted molar refractivity (Wildman–Crippen MR) is 68.2 cm³/mol. The number of imidazole rings is 1. The van der Waals surface area contributed by atoms with Gasteiger partial charge in [-0.25, -0.2) is 4.98 Å². The van der Waals surface area contributed by atoms with Gasteiger partial charge in [0.05, 0.1) is 12.0 Å². The van der Waals surface area contributed by atoms with Gasteiger partial charge < -0.3 is 15.4 Å². The molecule has 1 aromatic heterocycles. The number of aryl methyl sites for hydroxylation is 1. The molecule has 0 amide bonds. The van der Waals surface area contributed by atoms with Crippen LogP contribution >= 0.6 is 0 Å². The second-order valence-electron chi connectivity index (χ2n) is 5.11. The third kappa shape index (κ3) is 2.14. The highest BCUT2D eigenvalue weighted by Crippen LogP contribution is 2.56. The molecule has 1 fully saturated rings. The first-order valence-corrected chi connectivity index (χ1v) is 6.60. The highest BCUT2D eigenvalue weighted by Gasteiger charge is 2.62. The number of aromatic nitrogens is 2. The van der Waals surface area contributed by atoms with Gasteiger partial charge in [-0.15, -0.1) is 0 Å². The van der Waals surface area contributed by atoms with E-state index < -0.39 is 11.4 Å². The second kappa shape index (κ2) is 5.10. The minimum absolute atomic E-state index is 0.198. The maximum Gasteiger partial charge on any atom is 0.316 e. The number of aliphatic carboxylic acids is 1. The van der Waals surface area contributed by atoms with Crippen molar-refractivity contribution in [2.45, 2.75) is 44.6 Å². The van der Waals surface area contributed by atoms with E-state index in [4.69, 9.17) is 5.73 Å². The quantitative estimate of drug-likeness (QED) is 0.767. The van der Waals surface area contributed by atoms with E-state index in [0.29, 0.717) is 18.7 Å². The maximum absolute atomic E-state index is 11.5. The predicted octanol–water partition coefficient (Wildman–Crippen LogP) is 1.37. The summed E-state index contributed by atoms with van der Waals surface area (Å²) in [7, 11) is 0. The molecule has 2 atom stereocenters. The molecule has 2 rings (SSSR count). The third-order valence-electron chi connectivity index (χ3n) is 3.82. The van der Waals surface area contributed by atoms with Crippen molar-refractivity contribution in [3.8, 4) is 0 Å². The molecule has 0 saturated heterocycles. The molecule has 1 saturated carbocycles. The molecule has 1 aromatic rings. The van der Waals surface area contributed by atoms with Crippen molar-refractivity contribution in [1.29, 1.82) is 0 Å². The molecule has 18 heavy (non-hydrogen) atoms. The fourth-order valence-corrected chi connectivity index (χ4v) is 2.70. The van der Waals surface area contributed by atoms with E-state index in [0.717, 1.165) is 25.8 Å². The average Bonchev–Trinajstić information content (AvgIpc) is 2.90. The maximum atomic E-state index is 11.5. The molecule has 0 bridgehead atoms. The van der Waals surface area contributed by atoms with E-state index in [1.807, 2.05) is 10.8 Å². The van der Waals surface area contributed by atoms with E-state index in [2.05, 4.69) is 11.9 Å². The molecule has 1 aliphatic carbocycles. The standard InChI is InChI=1S/C13H21N3O2/c1-2-6-16-8-11(15-9-16)13(12(17)18)7-10(13)4-3-5-14/h8-10H,2-7,14H2,1H3,(H,17,18)/t10-,13?/m0/s1. The van der Waals surface area contributed by atoms with Gasteiger partial charge in [0, 0.05) is 12.7 Å². The molecular weight excluding hydrogens is 230 g/mol. The van der Waals surface area contributed by atoms with E-state index in [1.54, 1.807) is 6.33 Å². The fourth-order valence-electron chi connectivity index (χ4n) is 2.70. The Morgan fingerprint density at radius 3 is 3.11 bits per heavy atom. The van der Waals surface area contributed by atoms with Crippen LogP contribution in [0.2, 0.25) is 0 Å². The van der Waals surface area contributed by atoms with Gasteiger partial charge in [-0.05, 0) is 38.1 Å². The minimum atomic E-state index is -0.744. The Morgan fingerprint density at radius 2 is 2.50 bits per heavy atom. The minimum Gasteiger partial charge on any atom is -0.481 e. The van der Waals surface area contributed by atoms with Crippen molar-refractivity contribution in [3.63, 3.8) is 0 Å². The first-order chi connectivity index (χ1) is 8.65. The SMILES string of the molecule is CCCn1cnc(C2(C(=O)O)C[C@@H]2CCCN)c1. The van der Waals surface area contributed by atoms with Crippen LogP contribution in [0.25, 0.3) is 0 Å². The number of carboxylic acid groups (broad SMARTS) is 1. The van der Waals surface area contributed by atoms with Gasteiger partial charge in [0.15, 0.2) is 0 Å². The van der Waals surface area contributed by atoms with Crippen molar-refractivity contribution in [2.75, 3.05) is 6.54 Å². The molecule has 1 heterocycles. The van der Waals surface area contributed by atoms with Crippen molar-refractivity contribution in [2.24, 2.45) is 11.7 Å². The molecule has 5 heteroatoms. The summed E-state index contributed by atoms with van der Waals surface area (Å²) in [6, 6.07) is 0. The van der Waals surface area contributed by atoms with Gasteiger partial charge in [-0.2, -0.15) is 0 Å². The molecule has 100 valence electrons. The number of nitrogens with zero attached hydrogens (tertiary/aromatic N) is 2. The zero-order valence-corrected chi connectivity index (χ0v) is 10.8. The van der Waals surface area contributed by atoms with Crippen LogP contribution in [-0.2, 0) is 16.8 Å². The Balaban J connectivity index is 2.14. The molecule has 0 aliphatic heterocycles. The lowest BCUT2D eigenvalue weighted by Crippen LogP contribution is -2.23. The molecule has 0 aromatic carbocycles. The van der Waals surface area contributed by atoms with Gasteiger partial charge in [0.2, 0.25) is 0 Å². The Morgan fingerprint density at radius 1 is 1.72 bits per heavy atom. The number of carboxylic acids is 1. The van der Waals surface area contributed by atoms with Crippen molar-refractivity contribution in [1.82, 2.24) is 9.55 Å². The summed E-state index contributed by atoms with van der Waals surface area (Å²) >= 11 is 0. The molecule has 1 unspecified atom stereocenters. The van der Waals surface area contributed by atoms with E-state index in [9.17, 15) is 9.90 Å². The molecule has 5 nitrogen and oxygen atoms in total. The average molecular weight is 251 g/mol. The van der Waals surface area contributed by atoms with Crippen molar-refractivity contribution < 1.29 is 9.90 Å². The lowest BCUT2D eigenvalue weighted by Gasteiger charge is -2.09. The molecule has 0 radical (unpaired) electrons. The molecular formula is C13H21N3O2. The van der Waals surface area contributed by atoms with Gasteiger partial charge in [0.25, 0.3) is 0 Å². The summed E-state index contributed by atoms with van der Waals surface area (Å²) < 4.78 is 1.97. The van der Waals surface area contributed by atoms with Gasteiger partial charge in [-0.3, -0.25) is 4.79 Å². The molecule has 1 aliphatic rings. The van der Waals surface area contributed by atoms with E-state index >= 15 is 0 Å². The summed E-state index contributed by atoms with van der Waals surface area (Å²) in [5, 5.41) is 9.49. The third-order valence-corrected chi connectivity index (χ3v) is 3.82. The summed E-state index contributed by atoms with van der Waals surface area (Å²) in [4.78, 5) is 15.8.